The number of nitrogens with one attached hydrogen (secondary N) is 3. The quantitative estimate of drug-likeness (QED) is 0.688. The van der Waals surface area contributed by atoms with Gasteiger partial charge in [-0.15, -0.1) is 11.3 Å². The number of carbonyl (C=O) groups excluding carboxylic acids is 2. The van der Waals surface area contributed by atoms with Gasteiger partial charge in [0.1, 0.15) is 6.04 Å². The van der Waals surface area contributed by atoms with E-state index < -0.39 is 12.0 Å². The van der Waals surface area contributed by atoms with Crippen LogP contribution < -0.4 is 16.2 Å². The first kappa shape index (κ1) is 17.6. The van der Waals surface area contributed by atoms with Gasteiger partial charge < -0.3 is 10.1 Å². The zero-order valence-electron chi connectivity index (χ0n) is 13.9. The van der Waals surface area contributed by atoms with Crippen LogP contribution in [0.25, 0.3) is 0 Å². The summed E-state index contributed by atoms with van der Waals surface area (Å²) >= 11 is 1.58. The van der Waals surface area contributed by atoms with Gasteiger partial charge in [0.25, 0.3) is 5.91 Å². The molecule has 3 atom stereocenters. The SMILES string of the molecule is CC(NC(=O)COC(=O)C1CC(c2ccccc2)NN1)c1cccs1. The third kappa shape index (κ3) is 4.66. The van der Waals surface area contributed by atoms with Crippen molar-refractivity contribution in [2.24, 2.45) is 0 Å². The summed E-state index contributed by atoms with van der Waals surface area (Å²) in [6, 6.07) is 13.3. The lowest BCUT2D eigenvalue weighted by molar-refractivity contribution is -0.150. The highest BCUT2D eigenvalue weighted by atomic mass is 32.1. The van der Waals surface area contributed by atoms with Crippen LogP contribution in [0.15, 0.2) is 47.8 Å². The Kier molecular flexibility index (Phi) is 5.80. The Hall–Kier alpha value is -2.22. The lowest BCUT2D eigenvalue weighted by Crippen LogP contribution is -2.39. The van der Waals surface area contributed by atoms with Crippen molar-refractivity contribution in [1.82, 2.24) is 16.2 Å². The number of ether oxygens (including phenoxy) is 1. The van der Waals surface area contributed by atoms with Crippen LogP contribution in [0.1, 0.15) is 35.9 Å². The minimum atomic E-state index is -0.465. The highest BCUT2D eigenvalue weighted by Gasteiger charge is 2.31. The van der Waals surface area contributed by atoms with Crippen LogP contribution in [0, 0.1) is 0 Å². The van der Waals surface area contributed by atoms with Crippen molar-refractivity contribution in [2.45, 2.75) is 31.5 Å². The van der Waals surface area contributed by atoms with E-state index in [2.05, 4.69) is 16.2 Å². The Morgan fingerprint density at radius 2 is 2.04 bits per heavy atom. The highest BCUT2D eigenvalue weighted by molar-refractivity contribution is 7.10. The third-order valence-corrected chi connectivity index (χ3v) is 5.14. The maximum absolute atomic E-state index is 12.1. The summed E-state index contributed by atoms with van der Waals surface area (Å²) in [4.78, 5) is 25.1. The van der Waals surface area contributed by atoms with E-state index in [4.69, 9.17) is 4.74 Å². The number of hydrogen-bond donors (Lipinski definition) is 3. The summed E-state index contributed by atoms with van der Waals surface area (Å²) in [7, 11) is 0. The number of esters is 1. The van der Waals surface area contributed by atoms with Crippen molar-refractivity contribution < 1.29 is 14.3 Å². The van der Waals surface area contributed by atoms with Gasteiger partial charge in [-0.2, -0.15) is 0 Å². The average Bonchev–Trinajstić information content (AvgIpc) is 3.32. The molecule has 0 radical (unpaired) electrons. The van der Waals surface area contributed by atoms with E-state index in [1.807, 2.05) is 54.8 Å². The molecular weight excluding hydrogens is 338 g/mol. The lowest BCUT2D eigenvalue weighted by Gasteiger charge is -2.13. The third-order valence-electron chi connectivity index (χ3n) is 4.08. The molecule has 1 aromatic heterocycles. The van der Waals surface area contributed by atoms with E-state index in [-0.39, 0.29) is 24.6 Å². The molecule has 1 amide bonds. The average molecular weight is 359 g/mol. The van der Waals surface area contributed by atoms with Crippen molar-refractivity contribution in [2.75, 3.05) is 6.61 Å². The molecule has 2 aromatic rings. The van der Waals surface area contributed by atoms with Gasteiger partial charge in [0.05, 0.1) is 6.04 Å². The minimum Gasteiger partial charge on any atom is -0.454 e. The lowest BCUT2D eigenvalue weighted by atomic mass is 10.0. The summed E-state index contributed by atoms with van der Waals surface area (Å²) < 4.78 is 5.14. The van der Waals surface area contributed by atoms with Crippen LogP contribution in [0.3, 0.4) is 0 Å². The largest absolute Gasteiger partial charge is 0.454 e. The molecule has 1 aromatic carbocycles. The van der Waals surface area contributed by atoms with Gasteiger partial charge in [0.15, 0.2) is 6.61 Å². The van der Waals surface area contributed by atoms with Crippen LogP contribution in [0.4, 0.5) is 0 Å². The number of thiophene rings is 1. The van der Waals surface area contributed by atoms with E-state index in [9.17, 15) is 9.59 Å². The molecule has 0 aliphatic carbocycles. The number of amides is 1. The second-order valence-corrected chi connectivity index (χ2v) is 6.93. The van der Waals surface area contributed by atoms with E-state index in [1.54, 1.807) is 11.3 Å². The predicted octanol–water partition coefficient (Wildman–Crippen LogP) is 2.08. The van der Waals surface area contributed by atoms with Crippen molar-refractivity contribution in [3.8, 4) is 0 Å². The van der Waals surface area contributed by atoms with Crippen LogP contribution in [0.5, 0.6) is 0 Å². The highest BCUT2D eigenvalue weighted by Crippen LogP contribution is 2.22. The van der Waals surface area contributed by atoms with Gasteiger partial charge in [0.2, 0.25) is 0 Å². The molecule has 1 aliphatic heterocycles. The summed E-state index contributed by atoms with van der Waals surface area (Å²) in [6.45, 7) is 1.63. The molecule has 0 saturated carbocycles. The fourth-order valence-electron chi connectivity index (χ4n) is 2.74. The smallest absolute Gasteiger partial charge is 0.325 e. The van der Waals surface area contributed by atoms with Gasteiger partial charge in [-0.05, 0) is 30.4 Å². The Morgan fingerprint density at radius 1 is 1.24 bits per heavy atom. The predicted molar refractivity (Wildman–Crippen MR) is 95.7 cm³/mol. The first-order chi connectivity index (χ1) is 12.1. The van der Waals surface area contributed by atoms with E-state index >= 15 is 0 Å². The van der Waals surface area contributed by atoms with E-state index in [0.717, 1.165) is 10.4 Å². The molecule has 3 unspecified atom stereocenters. The Balaban J connectivity index is 1.43. The molecule has 25 heavy (non-hydrogen) atoms. The molecule has 0 bridgehead atoms. The second-order valence-electron chi connectivity index (χ2n) is 5.95. The molecule has 2 heterocycles. The zero-order chi connectivity index (χ0) is 17.6. The first-order valence-corrected chi connectivity index (χ1v) is 9.07. The molecule has 1 fully saturated rings. The Labute approximate surface area is 150 Å². The first-order valence-electron chi connectivity index (χ1n) is 8.19. The Morgan fingerprint density at radius 3 is 2.76 bits per heavy atom. The summed E-state index contributed by atoms with van der Waals surface area (Å²) in [5, 5.41) is 4.78. The summed E-state index contributed by atoms with van der Waals surface area (Å²) in [5.74, 6) is -0.732. The number of benzene rings is 1. The van der Waals surface area contributed by atoms with Crippen LogP contribution in [0.2, 0.25) is 0 Å². The van der Waals surface area contributed by atoms with Crippen molar-refractivity contribution >= 4 is 23.2 Å². The van der Waals surface area contributed by atoms with Crippen molar-refractivity contribution in [1.29, 1.82) is 0 Å². The monoisotopic (exact) mass is 359 g/mol. The normalized spacial score (nSPS) is 20.8. The van der Waals surface area contributed by atoms with Crippen molar-refractivity contribution in [3.63, 3.8) is 0 Å². The molecule has 3 N–H and O–H groups in total. The van der Waals surface area contributed by atoms with E-state index in [0.29, 0.717) is 6.42 Å². The maximum atomic E-state index is 12.1. The summed E-state index contributed by atoms with van der Waals surface area (Å²) in [5.41, 5.74) is 7.13. The standard InChI is InChI=1S/C18H21N3O3S/c1-12(16-8-5-9-25-16)19-17(22)11-24-18(23)15-10-14(20-21-15)13-6-3-2-4-7-13/h2-9,12,14-15,20-21H,10-11H2,1H3,(H,19,22). The van der Waals surface area contributed by atoms with Crippen molar-refractivity contribution in [3.05, 3.63) is 58.3 Å². The van der Waals surface area contributed by atoms with Gasteiger partial charge in [-0.3, -0.25) is 9.59 Å². The molecule has 1 saturated heterocycles. The van der Waals surface area contributed by atoms with Crippen LogP contribution >= 0.6 is 11.3 Å². The number of carbonyl (C=O) groups is 2. The van der Waals surface area contributed by atoms with Gasteiger partial charge in [-0.1, -0.05) is 36.4 Å². The fourth-order valence-corrected chi connectivity index (χ4v) is 3.48. The maximum Gasteiger partial charge on any atom is 0.325 e. The molecule has 6 nitrogen and oxygen atoms in total. The Bertz CT molecular complexity index is 706. The van der Waals surface area contributed by atoms with Crippen LogP contribution in [-0.2, 0) is 14.3 Å². The fraction of sp³-hybridized carbons (Fsp3) is 0.333. The number of hydrazine groups is 1. The topological polar surface area (TPSA) is 79.5 Å². The molecule has 1 aliphatic rings. The van der Waals surface area contributed by atoms with Crippen LogP contribution in [-0.4, -0.2) is 24.5 Å². The number of hydrogen-bond acceptors (Lipinski definition) is 6. The second kappa shape index (κ2) is 8.24. The molecule has 7 heteroatoms. The minimum absolute atomic E-state index is 0.0476. The molecule has 0 spiro atoms. The molecule has 3 rings (SSSR count). The van der Waals surface area contributed by atoms with E-state index in [1.165, 1.54) is 0 Å². The van der Waals surface area contributed by atoms with Gasteiger partial charge in [0, 0.05) is 10.9 Å². The van der Waals surface area contributed by atoms with Gasteiger partial charge >= 0.3 is 5.97 Å². The zero-order valence-corrected chi connectivity index (χ0v) is 14.7. The summed E-state index contributed by atoms with van der Waals surface area (Å²) in [6.07, 6.45) is 0.579. The number of rotatable bonds is 6. The molecule has 132 valence electrons. The molecular formula is C18H21N3O3S. The van der Waals surface area contributed by atoms with Gasteiger partial charge in [-0.25, -0.2) is 10.9 Å².